The van der Waals surface area contributed by atoms with Gasteiger partial charge in [-0.15, -0.1) is 0 Å². The Morgan fingerprint density at radius 1 is 1.15 bits per heavy atom. The average molecular weight is 363 g/mol. The number of benzene rings is 1. The first-order chi connectivity index (χ1) is 12.2. The molecule has 0 aliphatic rings. The zero-order valence-corrected chi connectivity index (χ0v) is 14.1. The van der Waals surface area contributed by atoms with Crippen LogP contribution in [0.2, 0.25) is 0 Å². The largest absolute Gasteiger partial charge is 0.433 e. The van der Waals surface area contributed by atoms with Crippen molar-refractivity contribution in [2.75, 3.05) is 5.32 Å². The first-order valence-electron chi connectivity index (χ1n) is 7.75. The third kappa shape index (κ3) is 3.76. The zero-order chi connectivity index (χ0) is 18.9. The topological polar surface area (TPSA) is 64.7 Å². The molecule has 2 aromatic heterocycles. The van der Waals surface area contributed by atoms with Crippen molar-refractivity contribution in [2.45, 2.75) is 19.6 Å². The van der Waals surface area contributed by atoms with Gasteiger partial charge in [0.1, 0.15) is 5.69 Å². The number of aromatic nitrogens is 4. The van der Waals surface area contributed by atoms with Gasteiger partial charge in [0.15, 0.2) is 11.5 Å². The van der Waals surface area contributed by atoms with Crippen LogP contribution in [0, 0.1) is 6.92 Å². The second-order valence-electron chi connectivity index (χ2n) is 5.80. The van der Waals surface area contributed by atoms with Gasteiger partial charge < -0.3 is 5.32 Å². The van der Waals surface area contributed by atoms with Crippen LogP contribution < -0.4 is 5.32 Å². The minimum absolute atomic E-state index is 0.252. The summed E-state index contributed by atoms with van der Waals surface area (Å²) in [6.07, 6.45) is -4.58. The third-order valence-corrected chi connectivity index (χ3v) is 3.80. The molecular formula is C17H16F3N5O. The minimum Gasteiger partial charge on any atom is -0.304 e. The van der Waals surface area contributed by atoms with Gasteiger partial charge in [-0.25, -0.2) is 0 Å². The Hall–Kier alpha value is -3.10. The maximum absolute atomic E-state index is 12.8. The molecule has 0 bridgehead atoms. The highest BCUT2D eigenvalue weighted by molar-refractivity contribution is 6.02. The summed E-state index contributed by atoms with van der Waals surface area (Å²) in [6, 6.07) is 12.0. The number of halogens is 3. The van der Waals surface area contributed by atoms with E-state index in [0.717, 1.165) is 18.3 Å². The number of rotatable bonds is 4. The van der Waals surface area contributed by atoms with E-state index in [2.05, 4.69) is 15.5 Å². The molecule has 136 valence electrons. The Bertz CT molecular complexity index is 928. The average Bonchev–Trinajstić information content (AvgIpc) is 3.11. The van der Waals surface area contributed by atoms with Crippen molar-refractivity contribution in [3.05, 3.63) is 65.1 Å². The molecule has 26 heavy (non-hydrogen) atoms. The van der Waals surface area contributed by atoms with Gasteiger partial charge in [0.05, 0.1) is 6.54 Å². The summed E-state index contributed by atoms with van der Waals surface area (Å²) in [5, 5.41) is 10.4. The second kappa shape index (κ2) is 6.66. The van der Waals surface area contributed by atoms with E-state index in [1.165, 1.54) is 0 Å². The van der Waals surface area contributed by atoms with Gasteiger partial charge >= 0.3 is 6.18 Å². The second-order valence-corrected chi connectivity index (χ2v) is 5.80. The lowest BCUT2D eigenvalue weighted by Crippen LogP contribution is -2.14. The fraction of sp³-hybridized carbons (Fsp3) is 0.235. The number of anilines is 1. The van der Waals surface area contributed by atoms with Crippen LogP contribution in [0.5, 0.6) is 0 Å². The highest BCUT2D eigenvalue weighted by Crippen LogP contribution is 2.29. The predicted octanol–water partition coefficient (Wildman–Crippen LogP) is 3.24. The lowest BCUT2D eigenvalue weighted by Gasteiger charge is -2.04. The van der Waals surface area contributed by atoms with Gasteiger partial charge in [-0.2, -0.15) is 23.4 Å². The van der Waals surface area contributed by atoms with Crippen molar-refractivity contribution in [2.24, 2.45) is 7.05 Å². The number of carbonyl (C=O) groups is 1. The van der Waals surface area contributed by atoms with Gasteiger partial charge in [0.25, 0.3) is 5.91 Å². The van der Waals surface area contributed by atoms with E-state index in [4.69, 9.17) is 0 Å². The van der Waals surface area contributed by atoms with E-state index >= 15 is 0 Å². The Morgan fingerprint density at radius 2 is 1.85 bits per heavy atom. The molecule has 0 saturated heterocycles. The van der Waals surface area contributed by atoms with E-state index < -0.39 is 17.8 Å². The van der Waals surface area contributed by atoms with Crippen LogP contribution in [0.25, 0.3) is 0 Å². The molecule has 0 unspecified atom stereocenters. The summed E-state index contributed by atoms with van der Waals surface area (Å²) in [5.74, 6) is -0.497. The molecule has 0 aliphatic carbocycles. The Kier molecular flexibility index (Phi) is 4.54. The summed E-state index contributed by atoms with van der Waals surface area (Å²) in [6.45, 7) is 2.35. The lowest BCUT2D eigenvalue weighted by molar-refractivity contribution is -0.143. The summed E-state index contributed by atoms with van der Waals surface area (Å²) < 4.78 is 40.8. The maximum atomic E-state index is 12.8. The van der Waals surface area contributed by atoms with Crippen LogP contribution in [0.4, 0.5) is 19.0 Å². The molecule has 0 spiro atoms. The normalized spacial score (nSPS) is 11.6. The lowest BCUT2D eigenvalue weighted by atomic mass is 10.2. The number of nitrogens with zero attached hydrogens (tertiary/aromatic N) is 4. The minimum atomic E-state index is -4.58. The number of hydrogen-bond acceptors (Lipinski definition) is 3. The van der Waals surface area contributed by atoms with Crippen LogP contribution in [0.3, 0.4) is 0 Å². The van der Waals surface area contributed by atoms with Crippen LogP contribution in [-0.2, 0) is 19.8 Å². The highest BCUT2D eigenvalue weighted by Gasteiger charge is 2.35. The molecule has 0 atom stereocenters. The van der Waals surface area contributed by atoms with Gasteiger partial charge in [-0.05, 0) is 12.5 Å². The Balaban J connectivity index is 1.75. The first kappa shape index (κ1) is 17.7. The van der Waals surface area contributed by atoms with Crippen molar-refractivity contribution in [3.63, 3.8) is 0 Å². The molecule has 0 fully saturated rings. The van der Waals surface area contributed by atoms with Gasteiger partial charge in [-0.3, -0.25) is 14.2 Å². The van der Waals surface area contributed by atoms with Gasteiger partial charge in [-0.1, -0.05) is 30.3 Å². The number of alkyl halides is 3. The third-order valence-electron chi connectivity index (χ3n) is 3.80. The molecule has 3 rings (SSSR count). The smallest absolute Gasteiger partial charge is 0.304 e. The van der Waals surface area contributed by atoms with E-state index in [9.17, 15) is 18.0 Å². The van der Waals surface area contributed by atoms with Crippen molar-refractivity contribution in [3.8, 4) is 0 Å². The fourth-order valence-corrected chi connectivity index (χ4v) is 2.51. The molecule has 1 N–H and O–H groups in total. The monoisotopic (exact) mass is 363 g/mol. The van der Waals surface area contributed by atoms with Crippen LogP contribution in [0.15, 0.2) is 42.5 Å². The van der Waals surface area contributed by atoms with Crippen LogP contribution in [0.1, 0.15) is 27.4 Å². The summed E-state index contributed by atoms with van der Waals surface area (Å²) in [7, 11) is 1.14. The van der Waals surface area contributed by atoms with Crippen molar-refractivity contribution in [1.29, 1.82) is 0 Å². The van der Waals surface area contributed by atoms with E-state index in [1.807, 2.05) is 37.3 Å². The molecule has 3 aromatic rings. The molecule has 6 nitrogen and oxygen atoms in total. The molecule has 0 radical (unpaired) electrons. The van der Waals surface area contributed by atoms with E-state index in [-0.39, 0.29) is 11.5 Å². The Morgan fingerprint density at radius 3 is 2.46 bits per heavy atom. The maximum Gasteiger partial charge on any atom is 0.433 e. The summed E-state index contributed by atoms with van der Waals surface area (Å²) >= 11 is 0. The molecule has 1 amide bonds. The SMILES string of the molecule is Cc1cc(NC(=O)c2cc(C(F)(F)F)n(C)n2)nn1Cc1ccccc1. The quantitative estimate of drug-likeness (QED) is 0.774. The number of aryl methyl sites for hydroxylation is 2. The number of hydrogen-bond donors (Lipinski definition) is 1. The standard InChI is InChI=1S/C17H16F3N5O/c1-11-8-15(23-25(11)10-12-6-4-3-5-7-12)21-16(26)13-9-14(17(18,19)20)24(2)22-13/h3-9H,10H2,1-2H3,(H,21,23,26). The Labute approximate surface area is 147 Å². The molecular weight excluding hydrogens is 347 g/mol. The van der Waals surface area contributed by atoms with Crippen molar-refractivity contribution in [1.82, 2.24) is 19.6 Å². The zero-order valence-electron chi connectivity index (χ0n) is 14.1. The van der Waals surface area contributed by atoms with Gasteiger partial charge in [0.2, 0.25) is 0 Å². The summed E-state index contributed by atoms with van der Waals surface area (Å²) in [4.78, 5) is 12.2. The molecule has 0 aliphatic heterocycles. The fourth-order valence-electron chi connectivity index (χ4n) is 2.51. The molecule has 1 aromatic carbocycles. The van der Waals surface area contributed by atoms with Gasteiger partial charge in [0, 0.05) is 24.9 Å². The molecule has 2 heterocycles. The number of amides is 1. The highest BCUT2D eigenvalue weighted by atomic mass is 19.4. The van der Waals surface area contributed by atoms with Crippen LogP contribution in [-0.4, -0.2) is 25.5 Å². The van der Waals surface area contributed by atoms with E-state index in [0.29, 0.717) is 17.3 Å². The van der Waals surface area contributed by atoms with Crippen molar-refractivity contribution >= 4 is 11.7 Å². The number of carbonyl (C=O) groups excluding carboxylic acids is 1. The summed E-state index contributed by atoms with van der Waals surface area (Å²) in [5.41, 5.74) is 0.529. The van der Waals surface area contributed by atoms with Crippen LogP contribution >= 0.6 is 0 Å². The van der Waals surface area contributed by atoms with E-state index in [1.54, 1.807) is 10.7 Å². The first-order valence-corrected chi connectivity index (χ1v) is 7.75. The molecule has 9 heteroatoms. The van der Waals surface area contributed by atoms with Crippen molar-refractivity contribution < 1.29 is 18.0 Å². The predicted molar refractivity (Wildman–Crippen MR) is 88.7 cm³/mol. The molecule has 0 saturated carbocycles. The number of nitrogens with one attached hydrogen (secondary N) is 1.